The highest BCUT2D eigenvalue weighted by Crippen LogP contribution is 2.14. The number of amides is 2. The van der Waals surface area contributed by atoms with Crippen LogP contribution in [-0.4, -0.2) is 38.5 Å². The molecule has 2 amide bonds. The van der Waals surface area contributed by atoms with Gasteiger partial charge in [0.05, 0.1) is 12.7 Å². The lowest BCUT2D eigenvalue weighted by atomic mass is 10.3. The Morgan fingerprint density at radius 1 is 1.19 bits per heavy atom. The summed E-state index contributed by atoms with van der Waals surface area (Å²) < 4.78 is 26.1. The van der Waals surface area contributed by atoms with E-state index in [1.165, 1.54) is 0 Å². The van der Waals surface area contributed by atoms with E-state index in [0.29, 0.717) is 17.5 Å². The van der Waals surface area contributed by atoms with Gasteiger partial charge in [-0.25, -0.2) is 8.78 Å². The molecule has 0 saturated heterocycles. The molecule has 21 heavy (non-hydrogen) atoms. The summed E-state index contributed by atoms with van der Waals surface area (Å²) in [5, 5.41) is 5.06. The number of carbonyl (C=O) groups is 2. The summed E-state index contributed by atoms with van der Waals surface area (Å²) in [5.41, 5.74) is -0.0790. The Labute approximate surface area is 122 Å². The molecule has 0 spiro atoms. The van der Waals surface area contributed by atoms with Crippen LogP contribution < -0.4 is 15.5 Å². The summed E-state index contributed by atoms with van der Waals surface area (Å²) in [5.74, 6) is -2.13. The summed E-state index contributed by atoms with van der Waals surface area (Å²) in [6.45, 7) is 2.70. The van der Waals surface area contributed by atoms with Crippen molar-refractivity contribution < 1.29 is 23.3 Å². The van der Waals surface area contributed by atoms with Crippen LogP contribution >= 0.6 is 0 Å². The van der Waals surface area contributed by atoms with E-state index >= 15 is 0 Å². The van der Waals surface area contributed by atoms with E-state index in [9.17, 15) is 18.4 Å². The van der Waals surface area contributed by atoms with E-state index in [1.807, 2.05) is 6.92 Å². The molecule has 1 atom stereocenters. The molecule has 0 fully saturated rings. The zero-order valence-electron chi connectivity index (χ0n) is 12.1. The van der Waals surface area contributed by atoms with Gasteiger partial charge in [-0.1, -0.05) is 6.92 Å². The highest BCUT2D eigenvalue weighted by molar-refractivity contribution is 5.91. The minimum atomic E-state index is -0.832. The molecule has 0 aromatic heterocycles. The fourth-order valence-electron chi connectivity index (χ4n) is 1.72. The highest BCUT2D eigenvalue weighted by Gasteiger charge is 2.15. The smallest absolute Gasteiger partial charge is 0.279 e. The molecule has 7 heteroatoms. The van der Waals surface area contributed by atoms with Crippen LogP contribution in [0.5, 0.6) is 0 Å². The van der Waals surface area contributed by atoms with Crippen LogP contribution in [0.15, 0.2) is 18.2 Å². The van der Waals surface area contributed by atoms with Gasteiger partial charge in [0.25, 0.3) is 11.8 Å². The first-order chi connectivity index (χ1) is 9.92. The predicted octanol–water partition coefficient (Wildman–Crippen LogP) is -0.0558. The number of likely N-dealkylation sites (N-methyl/N-ethyl adjacent to an activating group) is 1. The minimum Gasteiger partial charge on any atom is -0.351 e. The van der Waals surface area contributed by atoms with E-state index in [-0.39, 0.29) is 24.7 Å². The first kappa shape index (κ1) is 17.0. The second kappa shape index (κ2) is 8.31. The Morgan fingerprint density at radius 3 is 2.48 bits per heavy atom. The lowest BCUT2D eigenvalue weighted by Crippen LogP contribution is -3.11. The van der Waals surface area contributed by atoms with Gasteiger partial charge in [0.15, 0.2) is 13.1 Å². The molecule has 3 N–H and O–H groups in total. The molecule has 0 radical (unpaired) electrons. The van der Waals surface area contributed by atoms with Crippen LogP contribution in [0.4, 0.5) is 14.5 Å². The second-order valence-corrected chi connectivity index (χ2v) is 4.83. The Kier molecular flexibility index (Phi) is 6.74. The molecule has 1 rings (SSSR count). The maximum Gasteiger partial charge on any atom is 0.279 e. The van der Waals surface area contributed by atoms with Crippen LogP contribution in [0.2, 0.25) is 0 Å². The van der Waals surface area contributed by atoms with Crippen molar-refractivity contribution in [3.05, 3.63) is 29.8 Å². The van der Waals surface area contributed by atoms with Crippen LogP contribution in [0.1, 0.15) is 13.3 Å². The third-order valence-corrected chi connectivity index (χ3v) is 2.70. The standard InChI is InChI=1S/C14H19F2N3O2/c1-3-6-17-13(20)8-19(2)9-14(21)18-12-5-4-10(15)7-11(12)16/h4-5,7H,3,6,8-9H2,1-2H3,(H,17,20)(H,18,21)/p+1. The molecule has 116 valence electrons. The Morgan fingerprint density at radius 2 is 1.86 bits per heavy atom. The van der Waals surface area contributed by atoms with Gasteiger partial charge in [-0.05, 0) is 18.6 Å². The molecule has 1 unspecified atom stereocenters. The summed E-state index contributed by atoms with van der Waals surface area (Å²) in [7, 11) is 1.69. The van der Waals surface area contributed by atoms with Crippen LogP contribution in [0.3, 0.4) is 0 Å². The fraction of sp³-hybridized carbons (Fsp3) is 0.429. The van der Waals surface area contributed by atoms with Gasteiger partial charge in [0.2, 0.25) is 0 Å². The molecule has 0 aliphatic heterocycles. The molecule has 0 aliphatic rings. The van der Waals surface area contributed by atoms with Crippen molar-refractivity contribution in [3.63, 3.8) is 0 Å². The van der Waals surface area contributed by atoms with E-state index in [2.05, 4.69) is 10.6 Å². The van der Waals surface area contributed by atoms with Crippen molar-refractivity contribution in [2.75, 3.05) is 32.0 Å². The Hall–Kier alpha value is -2.02. The van der Waals surface area contributed by atoms with Gasteiger partial charge in [0.1, 0.15) is 11.6 Å². The number of benzene rings is 1. The van der Waals surface area contributed by atoms with Gasteiger partial charge < -0.3 is 15.5 Å². The number of quaternary nitrogens is 1. The van der Waals surface area contributed by atoms with Crippen molar-refractivity contribution in [1.29, 1.82) is 0 Å². The van der Waals surface area contributed by atoms with Gasteiger partial charge in [-0.2, -0.15) is 0 Å². The topological polar surface area (TPSA) is 62.6 Å². The Bertz CT molecular complexity index is 509. The molecule has 0 aliphatic carbocycles. The summed E-state index contributed by atoms with van der Waals surface area (Å²) in [6, 6.07) is 2.92. The highest BCUT2D eigenvalue weighted by atomic mass is 19.1. The quantitative estimate of drug-likeness (QED) is 0.661. The monoisotopic (exact) mass is 300 g/mol. The van der Waals surface area contributed by atoms with Crippen LogP contribution in [0.25, 0.3) is 0 Å². The van der Waals surface area contributed by atoms with Gasteiger partial charge in [-0.15, -0.1) is 0 Å². The minimum absolute atomic E-state index is 0.0103. The predicted molar refractivity (Wildman–Crippen MR) is 74.9 cm³/mol. The molecular weight excluding hydrogens is 280 g/mol. The number of hydrogen-bond donors (Lipinski definition) is 3. The molecule has 1 aromatic carbocycles. The van der Waals surface area contributed by atoms with Gasteiger partial charge >= 0.3 is 0 Å². The lowest BCUT2D eigenvalue weighted by molar-refractivity contribution is -0.862. The van der Waals surface area contributed by atoms with Crippen molar-refractivity contribution in [1.82, 2.24) is 5.32 Å². The summed E-state index contributed by atoms with van der Waals surface area (Å²) >= 11 is 0. The van der Waals surface area contributed by atoms with Crippen molar-refractivity contribution in [2.45, 2.75) is 13.3 Å². The molecule has 1 aromatic rings. The number of nitrogens with one attached hydrogen (secondary N) is 3. The SMILES string of the molecule is CCCNC(=O)C[NH+](C)CC(=O)Nc1ccc(F)cc1F. The van der Waals surface area contributed by atoms with Crippen molar-refractivity contribution in [3.8, 4) is 0 Å². The zero-order chi connectivity index (χ0) is 15.8. The van der Waals surface area contributed by atoms with Crippen molar-refractivity contribution in [2.24, 2.45) is 0 Å². The average Bonchev–Trinajstić information content (AvgIpc) is 2.39. The van der Waals surface area contributed by atoms with Crippen molar-refractivity contribution >= 4 is 17.5 Å². The number of anilines is 1. The maximum atomic E-state index is 13.4. The molecular formula is C14H20F2N3O2+. The molecule has 5 nitrogen and oxygen atoms in total. The van der Waals surface area contributed by atoms with E-state index < -0.39 is 17.5 Å². The van der Waals surface area contributed by atoms with E-state index in [1.54, 1.807) is 7.05 Å². The largest absolute Gasteiger partial charge is 0.351 e. The number of halogens is 2. The molecule has 0 saturated carbocycles. The first-order valence-corrected chi connectivity index (χ1v) is 6.75. The number of carbonyl (C=O) groups excluding carboxylic acids is 2. The summed E-state index contributed by atoms with van der Waals surface area (Å²) in [6.07, 6.45) is 0.842. The molecule has 0 bridgehead atoms. The normalized spacial score (nSPS) is 11.8. The Balaban J connectivity index is 2.44. The third-order valence-electron chi connectivity index (χ3n) is 2.70. The fourth-order valence-corrected chi connectivity index (χ4v) is 1.72. The number of rotatable bonds is 7. The van der Waals surface area contributed by atoms with E-state index in [4.69, 9.17) is 0 Å². The summed E-state index contributed by atoms with van der Waals surface area (Å²) in [4.78, 5) is 23.9. The average molecular weight is 300 g/mol. The number of hydrogen-bond acceptors (Lipinski definition) is 2. The zero-order valence-corrected chi connectivity index (χ0v) is 12.1. The lowest BCUT2D eigenvalue weighted by Gasteiger charge is -2.13. The second-order valence-electron chi connectivity index (χ2n) is 4.83. The molecule has 0 heterocycles. The maximum absolute atomic E-state index is 13.4. The van der Waals surface area contributed by atoms with E-state index in [0.717, 1.165) is 18.6 Å². The first-order valence-electron chi connectivity index (χ1n) is 6.75. The van der Waals surface area contributed by atoms with Gasteiger partial charge in [0, 0.05) is 12.6 Å². The van der Waals surface area contributed by atoms with Crippen LogP contribution in [0, 0.1) is 11.6 Å². The van der Waals surface area contributed by atoms with Gasteiger partial charge in [-0.3, -0.25) is 9.59 Å². The third kappa shape index (κ3) is 6.31. The van der Waals surface area contributed by atoms with Crippen LogP contribution in [-0.2, 0) is 9.59 Å².